The van der Waals surface area contributed by atoms with Gasteiger partial charge in [-0.3, -0.25) is 4.79 Å². The van der Waals surface area contributed by atoms with Crippen LogP contribution in [0.2, 0.25) is 0 Å². The first-order valence-electron chi connectivity index (χ1n) is 14.1. The van der Waals surface area contributed by atoms with Gasteiger partial charge in [0, 0.05) is 29.9 Å². The van der Waals surface area contributed by atoms with Gasteiger partial charge in [0.15, 0.2) is 0 Å². The number of carbonyl (C=O) groups is 2. The number of morpholine rings is 1. The normalized spacial score (nSPS) is 17.2. The highest BCUT2D eigenvalue weighted by Gasteiger charge is 2.46. The van der Waals surface area contributed by atoms with Crippen LogP contribution in [0.4, 0.5) is 27.6 Å². The Morgan fingerprint density at radius 1 is 1.16 bits per heavy atom. The van der Waals surface area contributed by atoms with Crippen molar-refractivity contribution < 1.29 is 50.9 Å². The fourth-order valence-corrected chi connectivity index (χ4v) is 5.59. The van der Waals surface area contributed by atoms with Gasteiger partial charge in [-0.05, 0) is 61.2 Å². The monoisotopic (exact) mass is 635 g/mol. The Bertz CT molecular complexity index is 1590. The highest BCUT2D eigenvalue weighted by Crippen LogP contribution is 2.41. The molecular weight excluding hydrogens is 605 g/mol. The smallest absolute Gasteiger partial charge is 0.411 e. The molecule has 2 atom stereocenters. The number of pyridine rings is 1. The van der Waals surface area contributed by atoms with Crippen molar-refractivity contribution in [3.8, 4) is 22.8 Å². The third-order valence-electron chi connectivity index (χ3n) is 7.77. The number of rotatable bonds is 8. The van der Waals surface area contributed by atoms with Crippen LogP contribution in [-0.2, 0) is 22.4 Å². The van der Waals surface area contributed by atoms with Gasteiger partial charge in [0.05, 0.1) is 26.9 Å². The molecule has 2 aliphatic heterocycles. The van der Waals surface area contributed by atoms with Gasteiger partial charge < -0.3 is 29.5 Å². The van der Waals surface area contributed by atoms with Crippen molar-refractivity contribution in [2.45, 2.75) is 44.4 Å². The molecule has 1 aromatic heterocycles. The standard InChI is InChI=1S/C31H30F5N3O6/c1-16-5-8-24(43-2)27(37-16)20-7-6-17(19-4-3-10-45-28(19)20)12-23(30(41)42)38-29(40)26-21(32)13-18(14-22(26)33)39-9-11-44-15-25(39)31(34,35)36/h5-8,13-14,23,25H,3-4,9-12,15H2,1-2H3,(H,38,40)(H,41,42)/t23-,25+/m0/s1. The number of aryl methyl sites for hydroxylation is 1. The minimum absolute atomic E-state index is 0.0941. The van der Waals surface area contributed by atoms with Gasteiger partial charge in [0.1, 0.15) is 46.5 Å². The average molecular weight is 636 g/mol. The molecule has 1 saturated heterocycles. The minimum atomic E-state index is -4.73. The van der Waals surface area contributed by atoms with Gasteiger partial charge >= 0.3 is 12.1 Å². The molecule has 0 radical (unpaired) electrons. The summed E-state index contributed by atoms with van der Waals surface area (Å²) < 4.78 is 87.1. The molecule has 240 valence electrons. The summed E-state index contributed by atoms with van der Waals surface area (Å²) in [6.07, 6.45) is -3.79. The number of fused-ring (bicyclic) bond motifs is 1. The van der Waals surface area contributed by atoms with Gasteiger partial charge in [0.25, 0.3) is 5.91 Å². The van der Waals surface area contributed by atoms with Crippen molar-refractivity contribution in [1.82, 2.24) is 10.3 Å². The third kappa shape index (κ3) is 6.65. The van der Waals surface area contributed by atoms with Gasteiger partial charge in [-0.15, -0.1) is 0 Å². The second-order valence-corrected chi connectivity index (χ2v) is 10.7. The Labute approximate surface area is 254 Å². The van der Waals surface area contributed by atoms with Gasteiger partial charge in [-0.1, -0.05) is 6.07 Å². The summed E-state index contributed by atoms with van der Waals surface area (Å²) >= 11 is 0. The average Bonchev–Trinajstić information content (AvgIpc) is 3.00. The highest BCUT2D eigenvalue weighted by molar-refractivity contribution is 5.97. The maximum absolute atomic E-state index is 15.1. The molecule has 0 spiro atoms. The first-order chi connectivity index (χ1) is 21.4. The summed E-state index contributed by atoms with van der Waals surface area (Å²) in [6.45, 7) is 1.14. The van der Waals surface area contributed by atoms with E-state index in [1.807, 2.05) is 6.92 Å². The number of carboxylic acid groups (broad SMARTS) is 1. The van der Waals surface area contributed by atoms with E-state index in [1.54, 1.807) is 24.3 Å². The molecule has 9 nitrogen and oxygen atoms in total. The Morgan fingerprint density at radius 3 is 2.56 bits per heavy atom. The second-order valence-electron chi connectivity index (χ2n) is 10.7. The number of amides is 1. The van der Waals surface area contributed by atoms with Crippen LogP contribution >= 0.6 is 0 Å². The predicted molar refractivity (Wildman–Crippen MR) is 152 cm³/mol. The van der Waals surface area contributed by atoms with Gasteiger partial charge in [-0.25, -0.2) is 18.6 Å². The number of halogens is 5. The Balaban J connectivity index is 1.41. The number of alkyl halides is 3. The van der Waals surface area contributed by atoms with E-state index >= 15 is 8.78 Å². The van der Waals surface area contributed by atoms with Crippen molar-refractivity contribution in [3.63, 3.8) is 0 Å². The lowest BCUT2D eigenvalue weighted by Gasteiger charge is -2.38. The minimum Gasteiger partial charge on any atom is -0.494 e. The Hall–Kier alpha value is -4.46. The van der Waals surface area contributed by atoms with E-state index in [9.17, 15) is 27.9 Å². The molecule has 3 aromatic rings. The lowest BCUT2D eigenvalue weighted by Crippen LogP contribution is -2.53. The molecule has 0 aliphatic carbocycles. The fraction of sp³-hybridized carbons (Fsp3) is 0.387. The van der Waals surface area contributed by atoms with E-state index in [0.29, 0.717) is 65.5 Å². The maximum atomic E-state index is 15.1. The van der Waals surface area contributed by atoms with Crippen molar-refractivity contribution in [2.75, 3.05) is 38.4 Å². The lowest BCUT2D eigenvalue weighted by atomic mass is 9.91. The van der Waals surface area contributed by atoms with E-state index in [-0.39, 0.29) is 19.6 Å². The molecule has 45 heavy (non-hydrogen) atoms. The largest absolute Gasteiger partial charge is 0.494 e. The number of benzene rings is 2. The number of methoxy groups -OCH3 is 1. The number of carbonyl (C=O) groups excluding carboxylic acids is 1. The zero-order valence-electron chi connectivity index (χ0n) is 24.3. The topological polar surface area (TPSA) is 110 Å². The van der Waals surface area contributed by atoms with E-state index in [1.165, 1.54) is 7.11 Å². The van der Waals surface area contributed by atoms with Gasteiger partial charge in [0.2, 0.25) is 0 Å². The van der Waals surface area contributed by atoms with Crippen molar-refractivity contribution in [3.05, 3.63) is 70.4 Å². The summed E-state index contributed by atoms with van der Waals surface area (Å²) in [4.78, 5) is 30.6. The summed E-state index contributed by atoms with van der Waals surface area (Å²) in [5.41, 5.74) is 1.63. The molecule has 3 heterocycles. The van der Waals surface area contributed by atoms with Crippen molar-refractivity contribution in [2.24, 2.45) is 0 Å². The number of hydrogen-bond acceptors (Lipinski definition) is 7. The van der Waals surface area contributed by atoms with E-state index in [2.05, 4.69) is 10.3 Å². The Morgan fingerprint density at radius 2 is 1.89 bits per heavy atom. The number of nitrogens with zero attached hydrogens (tertiary/aromatic N) is 2. The zero-order valence-corrected chi connectivity index (χ0v) is 24.3. The quantitative estimate of drug-likeness (QED) is 0.338. The second kappa shape index (κ2) is 12.9. The molecule has 0 unspecified atom stereocenters. The first kappa shape index (κ1) is 31.9. The molecule has 2 N–H and O–H groups in total. The predicted octanol–water partition coefficient (Wildman–Crippen LogP) is 4.86. The molecule has 0 bridgehead atoms. The number of aromatic nitrogens is 1. The molecule has 0 saturated carbocycles. The SMILES string of the molecule is COc1ccc(C)nc1-c1ccc(C[C@H](NC(=O)c2c(F)cc(N3CCOC[C@@H]3C(F)(F)F)cc2F)C(=O)O)c2c1OCCC2. The van der Waals surface area contributed by atoms with Crippen LogP contribution in [0.3, 0.4) is 0 Å². The van der Waals surface area contributed by atoms with Crippen LogP contribution in [-0.4, -0.2) is 73.7 Å². The van der Waals surface area contributed by atoms with E-state index in [4.69, 9.17) is 14.2 Å². The number of aliphatic carboxylic acids is 1. The van der Waals surface area contributed by atoms with Crippen LogP contribution in [0, 0.1) is 18.6 Å². The molecule has 1 amide bonds. The molecular formula is C31H30F5N3O6. The summed E-state index contributed by atoms with van der Waals surface area (Å²) in [7, 11) is 1.51. The summed E-state index contributed by atoms with van der Waals surface area (Å²) in [5, 5.41) is 12.1. The number of carboxylic acids is 1. The molecule has 2 aliphatic rings. The van der Waals surface area contributed by atoms with Crippen molar-refractivity contribution >= 4 is 17.6 Å². The molecule has 14 heteroatoms. The fourth-order valence-electron chi connectivity index (χ4n) is 5.59. The third-order valence-corrected chi connectivity index (χ3v) is 7.77. The lowest BCUT2D eigenvalue weighted by molar-refractivity contribution is -0.167. The van der Waals surface area contributed by atoms with Crippen LogP contribution in [0.15, 0.2) is 36.4 Å². The molecule has 1 fully saturated rings. The number of nitrogens with one attached hydrogen (secondary N) is 1. The van der Waals surface area contributed by atoms with Gasteiger partial charge in [-0.2, -0.15) is 13.2 Å². The van der Waals surface area contributed by atoms with Crippen LogP contribution in [0.25, 0.3) is 11.3 Å². The van der Waals surface area contributed by atoms with Crippen LogP contribution < -0.4 is 19.7 Å². The van der Waals surface area contributed by atoms with E-state index < -0.39 is 59.6 Å². The van der Waals surface area contributed by atoms with Crippen LogP contribution in [0.1, 0.15) is 33.6 Å². The van der Waals surface area contributed by atoms with Crippen LogP contribution in [0.5, 0.6) is 11.5 Å². The number of anilines is 1. The van der Waals surface area contributed by atoms with Crippen molar-refractivity contribution in [1.29, 1.82) is 0 Å². The molecule has 5 rings (SSSR count). The maximum Gasteiger partial charge on any atom is 0.411 e. The van der Waals surface area contributed by atoms with E-state index in [0.717, 1.165) is 10.6 Å². The highest BCUT2D eigenvalue weighted by atomic mass is 19.4. The summed E-state index contributed by atoms with van der Waals surface area (Å²) in [6, 6.07) is 4.48. The number of ether oxygens (including phenoxy) is 3. The zero-order chi connectivity index (χ0) is 32.5. The number of hydrogen-bond donors (Lipinski definition) is 2. The molecule has 2 aromatic carbocycles. The first-order valence-corrected chi connectivity index (χ1v) is 14.1. The Kier molecular flexibility index (Phi) is 9.14. The summed E-state index contributed by atoms with van der Waals surface area (Å²) in [5.74, 6) is -4.69.